The standard InChI is InChI=1S/C17H30O2/c1-4-5-6-7-8-9-10-11-12-13-14-15-19-17(18)16(2)3/h14-15H,2,4-13H2,1,3H3. The van der Waals surface area contributed by atoms with Gasteiger partial charge >= 0.3 is 5.97 Å². The predicted molar refractivity (Wildman–Crippen MR) is 81.9 cm³/mol. The molecule has 0 unspecified atom stereocenters. The van der Waals surface area contributed by atoms with Gasteiger partial charge in [0, 0.05) is 5.57 Å². The molecule has 0 rings (SSSR count). The minimum atomic E-state index is -0.344. The van der Waals surface area contributed by atoms with Crippen molar-refractivity contribution in [1.29, 1.82) is 0 Å². The van der Waals surface area contributed by atoms with Gasteiger partial charge in [-0.3, -0.25) is 0 Å². The number of ether oxygens (including phenoxy) is 1. The quantitative estimate of drug-likeness (QED) is 0.201. The van der Waals surface area contributed by atoms with E-state index in [-0.39, 0.29) is 5.97 Å². The van der Waals surface area contributed by atoms with Crippen molar-refractivity contribution in [3.8, 4) is 0 Å². The van der Waals surface area contributed by atoms with Gasteiger partial charge in [0.25, 0.3) is 0 Å². The van der Waals surface area contributed by atoms with E-state index in [4.69, 9.17) is 4.74 Å². The third-order valence-electron chi connectivity index (χ3n) is 3.09. The Balaban J connectivity index is 3.20. The fourth-order valence-corrected chi connectivity index (χ4v) is 1.85. The molecule has 0 aliphatic heterocycles. The first-order valence-corrected chi connectivity index (χ1v) is 7.70. The van der Waals surface area contributed by atoms with E-state index in [9.17, 15) is 4.79 Å². The van der Waals surface area contributed by atoms with Gasteiger partial charge in [0.05, 0.1) is 6.26 Å². The maximum Gasteiger partial charge on any atom is 0.337 e. The van der Waals surface area contributed by atoms with Crippen molar-refractivity contribution in [3.05, 3.63) is 24.5 Å². The Morgan fingerprint density at radius 3 is 2.05 bits per heavy atom. The van der Waals surface area contributed by atoms with Gasteiger partial charge in [-0.15, -0.1) is 0 Å². The average molecular weight is 266 g/mol. The van der Waals surface area contributed by atoms with Crippen molar-refractivity contribution in [2.45, 2.75) is 78.1 Å². The van der Waals surface area contributed by atoms with Crippen LogP contribution in [0.3, 0.4) is 0 Å². The van der Waals surface area contributed by atoms with Crippen LogP contribution in [0.15, 0.2) is 24.5 Å². The molecule has 19 heavy (non-hydrogen) atoms. The second-order valence-corrected chi connectivity index (χ2v) is 5.17. The van der Waals surface area contributed by atoms with Crippen molar-refractivity contribution >= 4 is 5.97 Å². The molecule has 0 amide bonds. The molecule has 0 aromatic rings. The third kappa shape index (κ3) is 13.2. The van der Waals surface area contributed by atoms with Crippen molar-refractivity contribution in [2.24, 2.45) is 0 Å². The van der Waals surface area contributed by atoms with Gasteiger partial charge in [0.15, 0.2) is 0 Å². The van der Waals surface area contributed by atoms with E-state index < -0.39 is 0 Å². The summed E-state index contributed by atoms with van der Waals surface area (Å²) in [5, 5.41) is 0. The number of esters is 1. The van der Waals surface area contributed by atoms with Crippen LogP contribution in [-0.2, 0) is 9.53 Å². The Bertz CT molecular complexity index is 266. The van der Waals surface area contributed by atoms with Gasteiger partial charge in [-0.2, -0.15) is 0 Å². The van der Waals surface area contributed by atoms with E-state index in [1.807, 2.05) is 6.08 Å². The molecule has 0 spiro atoms. The van der Waals surface area contributed by atoms with E-state index in [0.717, 1.165) is 6.42 Å². The number of carbonyl (C=O) groups excluding carboxylic acids is 1. The van der Waals surface area contributed by atoms with Gasteiger partial charge in [0.2, 0.25) is 0 Å². The number of carbonyl (C=O) groups is 1. The van der Waals surface area contributed by atoms with Crippen LogP contribution in [0, 0.1) is 0 Å². The van der Waals surface area contributed by atoms with E-state index in [1.54, 1.807) is 6.92 Å². The first-order valence-electron chi connectivity index (χ1n) is 7.70. The molecule has 0 heterocycles. The zero-order chi connectivity index (χ0) is 14.3. The molecular formula is C17H30O2. The molecule has 2 nitrogen and oxygen atoms in total. The molecule has 0 bridgehead atoms. The van der Waals surface area contributed by atoms with Gasteiger partial charge in [0.1, 0.15) is 0 Å². The summed E-state index contributed by atoms with van der Waals surface area (Å²) in [6.45, 7) is 7.42. The van der Waals surface area contributed by atoms with Crippen molar-refractivity contribution in [2.75, 3.05) is 0 Å². The van der Waals surface area contributed by atoms with Gasteiger partial charge in [-0.1, -0.05) is 64.9 Å². The van der Waals surface area contributed by atoms with E-state index >= 15 is 0 Å². The van der Waals surface area contributed by atoms with Crippen LogP contribution >= 0.6 is 0 Å². The monoisotopic (exact) mass is 266 g/mol. The van der Waals surface area contributed by atoms with Crippen LogP contribution in [0.5, 0.6) is 0 Å². The zero-order valence-corrected chi connectivity index (χ0v) is 12.7. The highest BCUT2D eigenvalue weighted by Crippen LogP contribution is 2.10. The number of hydrogen-bond donors (Lipinski definition) is 0. The van der Waals surface area contributed by atoms with Crippen LogP contribution in [0.1, 0.15) is 78.1 Å². The molecule has 0 aliphatic rings. The molecule has 0 fully saturated rings. The summed E-state index contributed by atoms with van der Waals surface area (Å²) in [6.07, 6.45) is 16.4. The molecule has 0 saturated heterocycles. The van der Waals surface area contributed by atoms with Crippen molar-refractivity contribution < 1.29 is 9.53 Å². The summed E-state index contributed by atoms with van der Waals surface area (Å²) in [4.78, 5) is 11.1. The highest BCUT2D eigenvalue weighted by Gasteiger charge is 1.98. The summed E-state index contributed by atoms with van der Waals surface area (Å²) in [7, 11) is 0. The Hall–Kier alpha value is -1.05. The maximum absolute atomic E-state index is 11.1. The Morgan fingerprint density at radius 1 is 1.00 bits per heavy atom. The molecular weight excluding hydrogens is 236 g/mol. The van der Waals surface area contributed by atoms with E-state index in [0.29, 0.717) is 5.57 Å². The first kappa shape index (κ1) is 17.9. The van der Waals surface area contributed by atoms with E-state index in [1.165, 1.54) is 64.0 Å². The summed E-state index contributed by atoms with van der Waals surface area (Å²) >= 11 is 0. The molecule has 2 heteroatoms. The Kier molecular flexibility index (Phi) is 12.6. The molecule has 0 aliphatic carbocycles. The molecule has 0 aromatic carbocycles. The van der Waals surface area contributed by atoms with Gasteiger partial charge in [-0.05, 0) is 25.8 Å². The lowest BCUT2D eigenvalue weighted by Crippen LogP contribution is -1.98. The number of allylic oxidation sites excluding steroid dienone is 1. The van der Waals surface area contributed by atoms with Crippen molar-refractivity contribution in [1.82, 2.24) is 0 Å². The minimum Gasteiger partial charge on any atom is -0.431 e. The third-order valence-corrected chi connectivity index (χ3v) is 3.09. The second-order valence-electron chi connectivity index (χ2n) is 5.17. The van der Waals surface area contributed by atoms with Crippen LogP contribution in [0.2, 0.25) is 0 Å². The smallest absolute Gasteiger partial charge is 0.337 e. The zero-order valence-electron chi connectivity index (χ0n) is 12.7. The highest BCUT2D eigenvalue weighted by atomic mass is 16.5. The topological polar surface area (TPSA) is 26.3 Å². The Morgan fingerprint density at radius 2 is 1.53 bits per heavy atom. The molecule has 110 valence electrons. The lowest BCUT2D eigenvalue weighted by Gasteiger charge is -2.00. The lowest BCUT2D eigenvalue weighted by atomic mass is 10.1. The summed E-state index contributed by atoms with van der Waals surface area (Å²) in [5.74, 6) is -0.344. The normalized spacial score (nSPS) is 10.8. The average Bonchev–Trinajstić information content (AvgIpc) is 2.39. The van der Waals surface area contributed by atoms with Crippen molar-refractivity contribution in [3.63, 3.8) is 0 Å². The van der Waals surface area contributed by atoms with Gasteiger partial charge < -0.3 is 4.74 Å². The highest BCUT2D eigenvalue weighted by molar-refractivity contribution is 5.87. The molecule has 0 saturated carbocycles. The number of unbranched alkanes of at least 4 members (excludes halogenated alkanes) is 9. The SMILES string of the molecule is C=C(C)C(=O)OC=CCCCCCCCCCCC. The van der Waals surface area contributed by atoms with Crippen LogP contribution < -0.4 is 0 Å². The summed E-state index contributed by atoms with van der Waals surface area (Å²) in [5.41, 5.74) is 0.438. The second kappa shape index (κ2) is 13.4. The summed E-state index contributed by atoms with van der Waals surface area (Å²) in [6, 6.07) is 0. The molecule has 0 atom stereocenters. The van der Waals surface area contributed by atoms with Crippen LogP contribution in [0.4, 0.5) is 0 Å². The molecule has 0 N–H and O–H groups in total. The van der Waals surface area contributed by atoms with Crippen LogP contribution in [0.25, 0.3) is 0 Å². The molecule has 0 aromatic heterocycles. The largest absolute Gasteiger partial charge is 0.431 e. The Labute approximate surface area is 118 Å². The van der Waals surface area contributed by atoms with Gasteiger partial charge in [-0.25, -0.2) is 4.79 Å². The minimum absolute atomic E-state index is 0.344. The number of hydrogen-bond acceptors (Lipinski definition) is 2. The molecule has 0 radical (unpaired) electrons. The van der Waals surface area contributed by atoms with Crippen LogP contribution in [-0.4, -0.2) is 5.97 Å². The summed E-state index contributed by atoms with van der Waals surface area (Å²) < 4.78 is 4.87. The predicted octanol–water partition coefficient (Wildman–Crippen LogP) is 5.54. The fourth-order valence-electron chi connectivity index (χ4n) is 1.85. The maximum atomic E-state index is 11.1. The fraction of sp³-hybridized carbons (Fsp3) is 0.706. The van der Waals surface area contributed by atoms with E-state index in [2.05, 4.69) is 13.5 Å². The lowest BCUT2D eigenvalue weighted by molar-refractivity contribution is -0.133. The number of rotatable bonds is 12. The first-order chi connectivity index (χ1) is 9.18.